The Kier molecular flexibility index (Phi) is 9.45. The van der Waals surface area contributed by atoms with Crippen LogP contribution in [0, 0.1) is 6.92 Å². The molecular formula is C26H30N2O5S2. The van der Waals surface area contributed by atoms with Crippen LogP contribution in [0.5, 0.6) is 11.5 Å². The van der Waals surface area contributed by atoms with Gasteiger partial charge in [-0.15, -0.1) is 11.8 Å². The summed E-state index contributed by atoms with van der Waals surface area (Å²) < 4.78 is 39.6. The molecule has 0 aliphatic rings. The molecule has 0 aliphatic carbocycles. The first-order valence-electron chi connectivity index (χ1n) is 11.2. The highest BCUT2D eigenvalue weighted by atomic mass is 32.2. The average molecular weight is 515 g/mol. The zero-order valence-corrected chi connectivity index (χ0v) is 21.7. The minimum Gasteiger partial charge on any atom is -0.492 e. The molecule has 0 heterocycles. The van der Waals surface area contributed by atoms with Crippen LogP contribution in [0.1, 0.15) is 12.5 Å². The van der Waals surface area contributed by atoms with E-state index in [2.05, 4.69) is 5.32 Å². The van der Waals surface area contributed by atoms with E-state index in [-0.39, 0.29) is 18.0 Å². The third kappa shape index (κ3) is 7.16. The number of thioether (sulfide) groups is 1. The van der Waals surface area contributed by atoms with E-state index in [0.717, 1.165) is 14.8 Å². The zero-order chi connectivity index (χ0) is 25.3. The molecule has 0 saturated carbocycles. The number of rotatable bonds is 12. The van der Waals surface area contributed by atoms with Crippen molar-refractivity contribution >= 4 is 33.4 Å². The Balaban J connectivity index is 1.77. The molecule has 0 atom stereocenters. The fraction of sp³-hybridized carbons (Fsp3) is 0.269. The van der Waals surface area contributed by atoms with E-state index in [1.807, 2.05) is 44.4 Å². The third-order valence-corrected chi connectivity index (χ3v) is 7.60. The second-order valence-electron chi connectivity index (χ2n) is 7.60. The fourth-order valence-electron chi connectivity index (χ4n) is 3.30. The van der Waals surface area contributed by atoms with Crippen molar-refractivity contribution < 1.29 is 22.7 Å². The number of anilines is 1. The van der Waals surface area contributed by atoms with Crippen molar-refractivity contribution in [3.63, 3.8) is 0 Å². The first-order chi connectivity index (χ1) is 16.8. The van der Waals surface area contributed by atoms with Gasteiger partial charge < -0.3 is 14.8 Å². The van der Waals surface area contributed by atoms with Gasteiger partial charge >= 0.3 is 0 Å². The molecule has 0 aliphatic heterocycles. The third-order valence-electron chi connectivity index (χ3n) is 5.08. The van der Waals surface area contributed by atoms with Gasteiger partial charge in [0.25, 0.3) is 10.0 Å². The van der Waals surface area contributed by atoms with Gasteiger partial charge in [-0.3, -0.25) is 9.10 Å². The highest BCUT2D eigenvalue weighted by Crippen LogP contribution is 2.32. The van der Waals surface area contributed by atoms with Crippen molar-refractivity contribution in [2.75, 3.05) is 36.9 Å². The molecule has 0 radical (unpaired) electrons. The number of sulfonamides is 1. The van der Waals surface area contributed by atoms with Gasteiger partial charge in [-0.2, -0.15) is 0 Å². The summed E-state index contributed by atoms with van der Waals surface area (Å²) in [6, 6.07) is 21.0. The first kappa shape index (κ1) is 26.4. The Morgan fingerprint density at radius 3 is 2.31 bits per heavy atom. The summed E-state index contributed by atoms with van der Waals surface area (Å²) in [6.07, 6.45) is 1.92. The largest absolute Gasteiger partial charge is 0.492 e. The average Bonchev–Trinajstić information content (AvgIpc) is 2.87. The molecule has 0 spiro atoms. The van der Waals surface area contributed by atoms with Gasteiger partial charge in [0, 0.05) is 4.90 Å². The summed E-state index contributed by atoms with van der Waals surface area (Å²) in [7, 11) is -4.04. The summed E-state index contributed by atoms with van der Waals surface area (Å²) >= 11 is 1.52. The van der Waals surface area contributed by atoms with Gasteiger partial charge in [-0.1, -0.05) is 29.8 Å². The summed E-state index contributed by atoms with van der Waals surface area (Å²) in [5.74, 6) is 0.635. The van der Waals surface area contributed by atoms with Crippen molar-refractivity contribution in [1.29, 1.82) is 0 Å². The van der Waals surface area contributed by atoms with Crippen LogP contribution in [0.15, 0.2) is 82.6 Å². The smallest absolute Gasteiger partial charge is 0.264 e. The van der Waals surface area contributed by atoms with Crippen LogP contribution in [-0.2, 0) is 14.8 Å². The van der Waals surface area contributed by atoms with Crippen molar-refractivity contribution in [2.24, 2.45) is 0 Å². The summed E-state index contributed by atoms with van der Waals surface area (Å²) in [5.41, 5.74) is 1.43. The minimum atomic E-state index is -4.04. The number of carbonyl (C=O) groups excluding carboxylic acids is 1. The molecular weight excluding hydrogens is 484 g/mol. The highest BCUT2D eigenvalue weighted by molar-refractivity contribution is 7.98. The van der Waals surface area contributed by atoms with Crippen LogP contribution in [0.2, 0.25) is 0 Å². The van der Waals surface area contributed by atoms with Crippen LogP contribution in [0.25, 0.3) is 0 Å². The van der Waals surface area contributed by atoms with E-state index in [4.69, 9.17) is 9.47 Å². The zero-order valence-electron chi connectivity index (χ0n) is 20.1. The SMILES string of the molecule is CCOc1ccccc1N(CC(=O)NCCOc1ccc(C)cc1)S(=O)(=O)c1ccc(SC)cc1. The fourth-order valence-corrected chi connectivity index (χ4v) is 5.14. The van der Waals surface area contributed by atoms with Crippen molar-refractivity contribution in [3.8, 4) is 11.5 Å². The Bertz CT molecular complexity index is 1210. The topological polar surface area (TPSA) is 84.9 Å². The first-order valence-corrected chi connectivity index (χ1v) is 13.9. The van der Waals surface area contributed by atoms with Crippen molar-refractivity contribution in [3.05, 3.63) is 78.4 Å². The number of aryl methyl sites for hydroxylation is 1. The molecule has 3 aromatic carbocycles. The number of hydrogen-bond donors (Lipinski definition) is 1. The van der Waals surface area contributed by atoms with Gasteiger partial charge in [0.2, 0.25) is 5.91 Å². The van der Waals surface area contributed by atoms with E-state index >= 15 is 0 Å². The number of amides is 1. The van der Waals surface area contributed by atoms with Gasteiger partial charge in [-0.05, 0) is 68.6 Å². The van der Waals surface area contributed by atoms with E-state index < -0.39 is 22.5 Å². The maximum atomic E-state index is 13.6. The maximum absolute atomic E-state index is 13.6. The Labute approximate surface area is 211 Å². The number of ether oxygens (including phenoxy) is 2. The van der Waals surface area contributed by atoms with Crippen LogP contribution in [0.4, 0.5) is 5.69 Å². The molecule has 9 heteroatoms. The summed E-state index contributed by atoms with van der Waals surface area (Å²) in [4.78, 5) is 13.8. The van der Waals surface area contributed by atoms with Gasteiger partial charge in [0.05, 0.1) is 23.7 Å². The van der Waals surface area contributed by atoms with Gasteiger partial charge in [-0.25, -0.2) is 8.42 Å². The van der Waals surface area contributed by atoms with E-state index in [1.165, 1.54) is 11.8 Å². The highest BCUT2D eigenvalue weighted by Gasteiger charge is 2.29. The van der Waals surface area contributed by atoms with Gasteiger partial charge in [0.15, 0.2) is 0 Å². The molecule has 0 saturated heterocycles. The normalized spacial score (nSPS) is 11.1. The lowest BCUT2D eigenvalue weighted by atomic mass is 10.2. The van der Waals surface area contributed by atoms with Crippen LogP contribution in [-0.4, -0.2) is 46.9 Å². The molecule has 0 aromatic heterocycles. The Morgan fingerprint density at radius 1 is 0.971 bits per heavy atom. The number of hydrogen-bond acceptors (Lipinski definition) is 6. The lowest BCUT2D eigenvalue weighted by molar-refractivity contribution is -0.119. The summed E-state index contributed by atoms with van der Waals surface area (Å²) in [6.45, 7) is 4.25. The van der Waals surface area contributed by atoms with E-state index in [9.17, 15) is 13.2 Å². The minimum absolute atomic E-state index is 0.0945. The monoisotopic (exact) mass is 514 g/mol. The molecule has 7 nitrogen and oxygen atoms in total. The lowest BCUT2D eigenvalue weighted by Gasteiger charge is -2.26. The van der Waals surface area contributed by atoms with E-state index in [0.29, 0.717) is 23.8 Å². The number of nitrogens with one attached hydrogen (secondary N) is 1. The molecule has 0 bridgehead atoms. The summed E-state index contributed by atoms with van der Waals surface area (Å²) in [5, 5.41) is 2.74. The maximum Gasteiger partial charge on any atom is 0.264 e. The standard InChI is InChI=1S/C26H30N2O5S2/c1-4-32-25-8-6-5-7-24(25)28(35(30,31)23-15-13-22(34-3)14-16-23)19-26(29)27-17-18-33-21-11-9-20(2)10-12-21/h5-16H,4,17-19H2,1-3H3,(H,27,29). The number of para-hydroxylation sites is 2. The second kappa shape index (κ2) is 12.5. The molecule has 186 valence electrons. The van der Waals surface area contributed by atoms with E-state index in [1.54, 1.807) is 48.5 Å². The molecule has 1 N–H and O–H groups in total. The molecule has 0 fully saturated rings. The molecule has 3 aromatic rings. The quantitative estimate of drug-likeness (QED) is 0.283. The van der Waals surface area contributed by atoms with Crippen LogP contribution in [0.3, 0.4) is 0 Å². The van der Waals surface area contributed by atoms with Crippen molar-refractivity contribution in [2.45, 2.75) is 23.6 Å². The Morgan fingerprint density at radius 2 is 1.66 bits per heavy atom. The molecule has 3 rings (SSSR count). The second-order valence-corrected chi connectivity index (χ2v) is 10.3. The Hall–Kier alpha value is -3.17. The van der Waals surface area contributed by atoms with Crippen molar-refractivity contribution in [1.82, 2.24) is 5.32 Å². The lowest BCUT2D eigenvalue weighted by Crippen LogP contribution is -2.42. The van der Waals surface area contributed by atoms with Gasteiger partial charge in [0.1, 0.15) is 24.7 Å². The number of nitrogens with zero attached hydrogens (tertiary/aromatic N) is 1. The van der Waals surface area contributed by atoms with Crippen LogP contribution >= 0.6 is 11.8 Å². The predicted molar refractivity (Wildman–Crippen MR) is 140 cm³/mol. The predicted octanol–water partition coefficient (Wildman–Crippen LogP) is 4.51. The number of carbonyl (C=O) groups is 1. The number of benzene rings is 3. The molecule has 1 amide bonds. The molecule has 0 unspecified atom stereocenters. The molecule has 35 heavy (non-hydrogen) atoms. The van der Waals surface area contributed by atoms with Crippen LogP contribution < -0.4 is 19.1 Å².